The second kappa shape index (κ2) is 9.75. The number of carbonyl (C=O) groups excluding carboxylic acids is 2. The molecule has 2 aliphatic rings. The Kier molecular flexibility index (Phi) is 6.62. The van der Waals surface area contributed by atoms with Gasteiger partial charge >= 0.3 is 12.0 Å². The Balaban J connectivity index is 1.49. The molecule has 0 saturated carbocycles. The number of urea groups is 1. The lowest BCUT2D eigenvalue weighted by Gasteiger charge is -2.30. The summed E-state index contributed by atoms with van der Waals surface area (Å²) in [5.41, 5.74) is 2.24. The minimum absolute atomic E-state index is 0.0625. The van der Waals surface area contributed by atoms with Gasteiger partial charge < -0.3 is 19.5 Å². The van der Waals surface area contributed by atoms with Gasteiger partial charge in [-0.1, -0.05) is 42.5 Å². The monoisotopic (exact) mass is 422 g/mol. The second-order valence-electron chi connectivity index (χ2n) is 7.77. The van der Waals surface area contributed by atoms with E-state index in [1.165, 1.54) is 0 Å². The minimum atomic E-state index is -0.705. The van der Waals surface area contributed by atoms with E-state index in [0.29, 0.717) is 24.7 Å². The molecule has 2 aliphatic heterocycles. The maximum atomic E-state index is 12.9. The highest BCUT2D eigenvalue weighted by Crippen LogP contribution is 2.30. The summed E-state index contributed by atoms with van der Waals surface area (Å²) in [4.78, 5) is 28.9. The van der Waals surface area contributed by atoms with Crippen molar-refractivity contribution in [2.24, 2.45) is 10.9 Å². The Morgan fingerprint density at radius 3 is 2.81 bits per heavy atom. The predicted octanol–water partition coefficient (Wildman–Crippen LogP) is 3.83. The van der Waals surface area contributed by atoms with Crippen LogP contribution in [0.1, 0.15) is 36.9 Å². The smallest absolute Gasteiger partial charge is 0.341 e. The molecular weight excluding hydrogens is 396 g/mol. The third-order valence-corrected chi connectivity index (χ3v) is 5.50. The third-order valence-electron chi connectivity index (χ3n) is 5.50. The number of esters is 1. The number of nitrogens with one attached hydrogen (secondary N) is 1. The molecule has 162 valence electrons. The second-order valence-corrected chi connectivity index (χ2v) is 7.77. The molecular formula is C24H26N2O5. The van der Waals surface area contributed by atoms with Crippen LogP contribution in [0.4, 0.5) is 4.79 Å². The first-order chi connectivity index (χ1) is 15.1. The van der Waals surface area contributed by atoms with Gasteiger partial charge in [-0.15, -0.1) is 0 Å². The highest BCUT2D eigenvalue weighted by molar-refractivity contribution is 6.08. The minimum Gasteiger partial charge on any atom is -0.489 e. The van der Waals surface area contributed by atoms with Crippen molar-refractivity contribution in [1.29, 1.82) is 0 Å². The zero-order valence-corrected chi connectivity index (χ0v) is 17.5. The van der Waals surface area contributed by atoms with E-state index in [1.807, 2.05) is 54.6 Å². The number of aliphatic imine (C=N–C) groups is 1. The Labute approximate surface area is 181 Å². The first-order valence-electron chi connectivity index (χ1n) is 10.5. The molecule has 2 aromatic rings. The fraction of sp³-hybridized carbons (Fsp3) is 0.375. The standard InChI is InChI=1S/C24H26N2O5/c1-16-21(23(27)31-15-20-11-6-12-29-20)22(26-24(28)25-16)18-9-5-10-19(13-18)30-14-17-7-3-2-4-8-17/h2-5,7-10,13,20-22H,6,11-12,14-15H2,1H3,(H,26,28). The van der Waals surface area contributed by atoms with Gasteiger partial charge in [-0.3, -0.25) is 4.79 Å². The van der Waals surface area contributed by atoms with Crippen molar-refractivity contribution in [3.8, 4) is 5.75 Å². The first kappa shape index (κ1) is 21.1. The summed E-state index contributed by atoms with van der Waals surface area (Å²) in [6.07, 6.45) is 1.79. The van der Waals surface area contributed by atoms with E-state index >= 15 is 0 Å². The molecule has 0 aliphatic carbocycles. The van der Waals surface area contributed by atoms with Crippen LogP contribution < -0.4 is 10.1 Å². The number of hydrogen-bond donors (Lipinski definition) is 1. The SMILES string of the molecule is CC1=NC(=O)NC(c2cccc(OCc3ccccc3)c2)C1C(=O)OCC1CCCO1. The molecule has 1 saturated heterocycles. The summed E-state index contributed by atoms with van der Waals surface area (Å²) < 4.78 is 17.0. The molecule has 1 fully saturated rings. The Morgan fingerprint density at radius 2 is 2.03 bits per heavy atom. The van der Waals surface area contributed by atoms with Crippen molar-refractivity contribution in [2.75, 3.05) is 13.2 Å². The van der Waals surface area contributed by atoms with Crippen LogP contribution in [0, 0.1) is 5.92 Å². The van der Waals surface area contributed by atoms with Gasteiger partial charge in [0.2, 0.25) is 0 Å². The number of hydrogen-bond acceptors (Lipinski definition) is 5. The molecule has 1 N–H and O–H groups in total. The molecule has 31 heavy (non-hydrogen) atoms. The fourth-order valence-corrected chi connectivity index (χ4v) is 3.88. The van der Waals surface area contributed by atoms with E-state index in [4.69, 9.17) is 14.2 Å². The summed E-state index contributed by atoms with van der Waals surface area (Å²) in [7, 11) is 0. The van der Waals surface area contributed by atoms with Crippen molar-refractivity contribution in [3.05, 3.63) is 65.7 Å². The van der Waals surface area contributed by atoms with Gasteiger partial charge in [-0.25, -0.2) is 9.79 Å². The number of ether oxygens (including phenoxy) is 3. The molecule has 7 nitrogen and oxygen atoms in total. The van der Waals surface area contributed by atoms with E-state index in [-0.39, 0.29) is 12.7 Å². The number of carbonyl (C=O) groups is 2. The van der Waals surface area contributed by atoms with Crippen LogP contribution >= 0.6 is 0 Å². The fourth-order valence-electron chi connectivity index (χ4n) is 3.88. The molecule has 7 heteroatoms. The maximum Gasteiger partial charge on any atom is 0.341 e. The zero-order valence-electron chi connectivity index (χ0n) is 17.5. The summed E-state index contributed by atoms with van der Waals surface area (Å²) in [6.45, 7) is 3.01. The normalized spacial score (nSPS) is 23.1. The number of amides is 2. The Hall–Kier alpha value is -3.19. The molecule has 0 radical (unpaired) electrons. The molecule has 2 aromatic carbocycles. The molecule has 3 atom stereocenters. The number of benzene rings is 2. The van der Waals surface area contributed by atoms with Crippen molar-refractivity contribution < 1.29 is 23.8 Å². The van der Waals surface area contributed by atoms with E-state index in [1.54, 1.807) is 6.92 Å². The van der Waals surface area contributed by atoms with Crippen LogP contribution in [-0.2, 0) is 20.9 Å². The van der Waals surface area contributed by atoms with E-state index in [9.17, 15) is 9.59 Å². The predicted molar refractivity (Wildman–Crippen MR) is 115 cm³/mol. The lowest BCUT2D eigenvalue weighted by molar-refractivity contribution is -0.150. The molecule has 0 aromatic heterocycles. The van der Waals surface area contributed by atoms with Gasteiger partial charge in [-0.05, 0) is 43.0 Å². The van der Waals surface area contributed by atoms with E-state index in [0.717, 1.165) is 24.0 Å². The van der Waals surface area contributed by atoms with Crippen molar-refractivity contribution in [2.45, 2.75) is 38.5 Å². The number of nitrogens with zero attached hydrogens (tertiary/aromatic N) is 1. The summed E-state index contributed by atoms with van der Waals surface area (Å²) in [5.74, 6) is -0.469. The molecule has 0 spiro atoms. The average molecular weight is 422 g/mol. The summed E-state index contributed by atoms with van der Waals surface area (Å²) in [5, 5.41) is 2.81. The van der Waals surface area contributed by atoms with Crippen LogP contribution in [-0.4, -0.2) is 37.0 Å². The lowest BCUT2D eigenvalue weighted by Crippen LogP contribution is -2.44. The zero-order chi connectivity index (χ0) is 21.6. The maximum absolute atomic E-state index is 12.9. The first-order valence-corrected chi connectivity index (χ1v) is 10.5. The molecule has 2 heterocycles. The Morgan fingerprint density at radius 1 is 1.19 bits per heavy atom. The van der Waals surface area contributed by atoms with Gasteiger partial charge in [0.25, 0.3) is 0 Å². The van der Waals surface area contributed by atoms with Crippen molar-refractivity contribution >= 4 is 17.7 Å². The number of rotatable bonds is 7. The van der Waals surface area contributed by atoms with Gasteiger partial charge in [0.05, 0.1) is 12.1 Å². The molecule has 4 rings (SSSR count). The summed E-state index contributed by atoms with van der Waals surface area (Å²) >= 11 is 0. The topological polar surface area (TPSA) is 86.2 Å². The van der Waals surface area contributed by atoms with Crippen LogP contribution in [0.25, 0.3) is 0 Å². The van der Waals surface area contributed by atoms with Crippen LogP contribution in [0.15, 0.2) is 59.6 Å². The van der Waals surface area contributed by atoms with Crippen LogP contribution in [0.2, 0.25) is 0 Å². The van der Waals surface area contributed by atoms with Gasteiger partial charge in [0.15, 0.2) is 0 Å². The van der Waals surface area contributed by atoms with Gasteiger partial charge in [0.1, 0.15) is 24.9 Å². The van der Waals surface area contributed by atoms with Crippen LogP contribution in [0.5, 0.6) is 5.75 Å². The Bertz CT molecular complexity index is 953. The molecule has 0 bridgehead atoms. The third kappa shape index (κ3) is 5.30. The lowest BCUT2D eigenvalue weighted by atomic mass is 9.88. The quantitative estimate of drug-likeness (QED) is 0.686. The van der Waals surface area contributed by atoms with E-state index < -0.39 is 24.0 Å². The highest BCUT2D eigenvalue weighted by atomic mass is 16.6. The largest absolute Gasteiger partial charge is 0.489 e. The van der Waals surface area contributed by atoms with E-state index in [2.05, 4.69) is 10.3 Å². The van der Waals surface area contributed by atoms with Crippen molar-refractivity contribution in [1.82, 2.24) is 5.32 Å². The van der Waals surface area contributed by atoms with Gasteiger partial charge in [-0.2, -0.15) is 0 Å². The molecule has 3 unspecified atom stereocenters. The summed E-state index contributed by atoms with van der Waals surface area (Å²) in [6, 6.07) is 16.2. The van der Waals surface area contributed by atoms with Gasteiger partial charge in [0, 0.05) is 12.3 Å². The molecule has 2 amide bonds. The van der Waals surface area contributed by atoms with Crippen molar-refractivity contribution in [3.63, 3.8) is 0 Å². The average Bonchev–Trinajstić information content (AvgIpc) is 3.30. The van der Waals surface area contributed by atoms with Crippen LogP contribution in [0.3, 0.4) is 0 Å². The highest BCUT2D eigenvalue weighted by Gasteiger charge is 2.38.